The van der Waals surface area contributed by atoms with Gasteiger partial charge in [0.1, 0.15) is 5.75 Å². The van der Waals surface area contributed by atoms with E-state index >= 15 is 0 Å². The van der Waals surface area contributed by atoms with Gasteiger partial charge in [0.2, 0.25) is 11.8 Å². The molecular formula is C27H21BrCl2N2O5. The number of anilines is 1. The second-order valence-electron chi connectivity index (χ2n) is 10.1. The summed E-state index contributed by atoms with van der Waals surface area (Å²) >= 11 is 17.6. The highest BCUT2D eigenvalue weighted by Gasteiger charge is 2.75. The average Bonchev–Trinajstić information content (AvgIpc) is 3.20. The zero-order valence-electron chi connectivity index (χ0n) is 19.5. The van der Waals surface area contributed by atoms with E-state index in [1.54, 1.807) is 36.4 Å². The van der Waals surface area contributed by atoms with Crippen LogP contribution in [-0.4, -0.2) is 50.4 Å². The number of hydrogen-bond donors (Lipinski definition) is 1. The van der Waals surface area contributed by atoms with Crippen LogP contribution in [0, 0.1) is 17.8 Å². The first-order chi connectivity index (χ1) is 17.5. The number of likely N-dealkylation sites (tertiary alicyclic amines) is 1. The van der Waals surface area contributed by atoms with Crippen LogP contribution in [0.4, 0.5) is 5.69 Å². The van der Waals surface area contributed by atoms with E-state index in [1.807, 2.05) is 6.08 Å². The van der Waals surface area contributed by atoms with Gasteiger partial charge in [0.05, 0.1) is 17.5 Å². The quantitative estimate of drug-likeness (QED) is 0.313. The van der Waals surface area contributed by atoms with Gasteiger partial charge in [0.15, 0.2) is 9.75 Å². The van der Waals surface area contributed by atoms with Gasteiger partial charge in [-0.15, -0.1) is 23.2 Å². The topological polar surface area (TPSA) is 95.0 Å². The number of alkyl halides is 2. The summed E-state index contributed by atoms with van der Waals surface area (Å²) in [6.45, 7) is 0. The van der Waals surface area contributed by atoms with E-state index in [0.29, 0.717) is 23.2 Å². The Morgan fingerprint density at radius 1 is 0.919 bits per heavy atom. The van der Waals surface area contributed by atoms with Crippen molar-refractivity contribution < 1.29 is 24.3 Å². The molecule has 4 amide bonds. The van der Waals surface area contributed by atoms with Gasteiger partial charge >= 0.3 is 0 Å². The van der Waals surface area contributed by atoms with Crippen molar-refractivity contribution >= 4 is 68.4 Å². The number of allylic oxidation sites excluding steroid dienone is 2. The minimum Gasteiger partial charge on any atom is -0.508 e. The van der Waals surface area contributed by atoms with Gasteiger partial charge in [-0.1, -0.05) is 39.7 Å². The summed E-state index contributed by atoms with van der Waals surface area (Å²) in [5, 5.41) is 9.87. The molecule has 0 aromatic heterocycles. The summed E-state index contributed by atoms with van der Waals surface area (Å²) in [7, 11) is 1.35. The summed E-state index contributed by atoms with van der Waals surface area (Å²) in [4.78, 5) is 52.8. The van der Waals surface area contributed by atoms with Crippen LogP contribution < -0.4 is 4.90 Å². The molecule has 1 N–H and O–H groups in total. The highest BCUT2D eigenvalue weighted by molar-refractivity contribution is 9.10. The maximum Gasteiger partial charge on any atom is 0.253 e. The molecule has 0 radical (unpaired) electrons. The van der Waals surface area contributed by atoms with E-state index in [2.05, 4.69) is 15.9 Å². The first-order valence-electron chi connectivity index (χ1n) is 11.8. The number of hydrogen-bond acceptors (Lipinski definition) is 5. The van der Waals surface area contributed by atoms with Crippen molar-refractivity contribution in [1.29, 1.82) is 0 Å². The third-order valence-corrected chi connectivity index (χ3v) is 10.3. The predicted octanol–water partition coefficient (Wildman–Crippen LogP) is 4.35. The van der Waals surface area contributed by atoms with Crippen LogP contribution in [0.15, 0.2) is 64.7 Å². The molecule has 190 valence electrons. The fraction of sp³-hybridized carbons (Fsp3) is 0.333. The average molecular weight is 604 g/mol. The van der Waals surface area contributed by atoms with Crippen LogP contribution in [0.3, 0.4) is 0 Å². The van der Waals surface area contributed by atoms with Crippen molar-refractivity contribution in [3.8, 4) is 5.75 Å². The SMILES string of the molecule is CN1C(=O)[C@]2(Cl)C[C@@H]3C(=CC[C@@H]4C(=O)N(c5ccc(Br)cc5)C(=O)[C@@H]43)[C@H](c3ccc(O)cc3)[C@]2(Cl)C1=O. The lowest BCUT2D eigenvalue weighted by Crippen LogP contribution is -2.60. The van der Waals surface area contributed by atoms with Gasteiger partial charge in [0, 0.05) is 17.4 Å². The first-order valence-corrected chi connectivity index (χ1v) is 13.4. The van der Waals surface area contributed by atoms with Crippen LogP contribution in [-0.2, 0) is 19.2 Å². The van der Waals surface area contributed by atoms with Crippen molar-refractivity contribution in [2.75, 3.05) is 11.9 Å². The van der Waals surface area contributed by atoms with Crippen LogP contribution in [0.5, 0.6) is 5.75 Å². The molecule has 2 aliphatic heterocycles. The number of halogens is 3. The molecule has 2 aromatic carbocycles. The molecule has 10 heteroatoms. The summed E-state index contributed by atoms with van der Waals surface area (Å²) in [5.41, 5.74) is 1.78. The highest BCUT2D eigenvalue weighted by atomic mass is 79.9. The molecule has 3 fully saturated rings. The Labute approximate surface area is 231 Å². The van der Waals surface area contributed by atoms with Gasteiger partial charge in [-0.25, -0.2) is 0 Å². The van der Waals surface area contributed by atoms with Crippen LogP contribution >= 0.6 is 39.1 Å². The lowest BCUT2D eigenvalue weighted by atomic mass is 9.56. The molecule has 0 unspecified atom stereocenters. The third-order valence-electron chi connectivity index (χ3n) is 8.33. The molecule has 6 atom stereocenters. The van der Waals surface area contributed by atoms with Crippen LogP contribution in [0.1, 0.15) is 24.3 Å². The van der Waals surface area contributed by atoms with E-state index < -0.39 is 45.2 Å². The van der Waals surface area contributed by atoms with E-state index in [4.69, 9.17) is 23.2 Å². The number of nitrogens with zero attached hydrogens (tertiary/aromatic N) is 2. The van der Waals surface area contributed by atoms with Gasteiger partial charge in [-0.05, 0) is 60.7 Å². The molecule has 0 spiro atoms. The Bertz CT molecular complexity index is 1410. The summed E-state index contributed by atoms with van der Waals surface area (Å²) in [6.07, 6.45) is 2.13. The molecule has 37 heavy (non-hydrogen) atoms. The Hall–Kier alpha value is -2.68. The summed E-state index contributed by atoms with van der Waals surface area (Å²) < 4.78 is 0.816. The van der Waals surface area contributed by atoms with Gasteiger partial charge in [-0.2, -0.15) is 0 Å². The fourth-order valence-corrected chi connectivity index (χ4v) is 7.91. The number of carbonyl (C=O) groups is 4. The number of imide groups is 2. The minimum absolute atomic E-state index is 0.0298. The zero-order chi connectivity index (χ0) is 26.4. The maximum atomic E-state index is 13.9. The van der Waals surface area contributed by atoms with Gasteiger partial charge < -0.3 is 5.11 Å². The van der Waals surface area contributed by atoms with E-state index in [-0.39, 0.29) is 24.0 Å². The number of phenols is 1. The van der Waals surface area contributed by atoms with Gasteiger partial charge in [-0.3, -0.25) is 29.0 Å². The van der Waals surface area contributed by atoms with E-state index in [1.165, 1.54) is 24.1 Å². The normalized spacial score (nSPS) is 34.9. The Morgan fingerprint density at radius 3 is 2.22 bits per heavy atom. The minimum atomic E-state index is -1.83. The number of fused-ring (bicyclic) bond motifs is 4. The molecule has 7 nitrogen and oxygen atoms in total. The fourth-order valence-electron chi connectivity index (χ4n) is 6.63. The predicted molar refractivity (Wildman–Crippen MR) is 140 cm³/mol. The third kappa shape index (κ3) is 3.12. The van der Waals surface area contributed by atoms with Crippen molar-refractivity contribution in [1.82, 2.24) is 4.90 Å². The first kappa shape index (κ1) is 24.6. The monoisotopic (exact) mass is 602 g/mol. The Balaban J connectivity index is 1.50. The smallest absolute Gasteiger partial charge is 0.253 e. The molecular weight excluding hydrogens is 583 g/mol. The molecule has 6 rings (SSSR count). The van der Waals surface area contributed by atoms with Crippen molar-refractivity contribution in [2.45, 2.75) is 28.5 Å². The van der Waals surface area contributed by atoms with Crippen LogP contribution in [0.2, 0.25) is 0 Å². The number of phenolic OH excluding ortho intramolecular Hbond substituents is 1. The zero-order valence-corrected chi connectivity index (χ0v) is 22.6. The molecule has 2 saturated heterocycles. The number of rotatable bonds is 2. The Kier molecular flexibility index (Phi) is 5.43. The standard InChI is InChI=1S/C27H21BrCl2N2O5/c1-31-24(36)26(29)12-19-17(21(27(26,30)25(31)37)13-2-8-16(33)9-3-13)10-11-18-20(19)23(35)32(22(18)34)15-6-4-14(28)5-7-15/h2-10,18-21,33H,11-12H2,1H3/t18-,19+,20-,21-,26+,27-/m0/s1. The largest absolute Gasteiger partial charge is 0.508 e. The lowest BCUT2D eigenvalue weighted by molar-refractivity contribution is -0.138. The number of aromatic hydroxyl groups is 1. The van der Waals surface area contributed by atoms with Crippen LogP contribution in [0.25, 0.3) is 0 Å². The number of carbonyl (C=O) groups excluding carboxylic acids is 4. The molecule has 0 bridgehead atoms. The second-order valence-corrected chi connectivity index (χ2v) is 12.2. The molecule has 2 heterocycles. The molecule has 2 aliphatic carbocycles. The second kappa shape index (κ2) is 8.16. The van der Waals surface area contributed by atoms with Gasteiger partial charge in [0.25, 0.3) is 11.8 Å². The maximum absolute atomic E-state index is 13.9. The number of benzene rings is 2. The van der Waals surface area contributed by atoms with Crippen molar-refractivity contribution in [2.24, 2.45) is 17.8 Å². The lowest BCUT2D eigenvalue weighted by Gasteiger charge is -2.50. The molecule has 1 saturated carbocycles. The molecule has 4 aliphatic rings. The van der Waals surface area contributed by atoms with Crippen molar-refractivity contribution in [3.63, 3.8) is 0 Å². The highest BCUT2D eigenvalue weighted by Crippen LogP contribution is 2.65. The Morgan fingerprint density at radius 2 is 1.57 bits per heavy atom. The molecule has 2 aromatic rings. The number of amides is 4. The summed E-state index contributed by atoms with van der Waals surface area (Å²) in [5.74, 6) is -4.64. The van der Waals surface area contributed by atoms with E-state index in [0.717, 1.165) is 9.37 Å². The van der Waals surface area contributed by atoms with Crippen molar-refractivity contribution in [3.05, 3.63) is 70.2 Å². The van der Waals surface area contributed by atoms with E-state index in [9.17, 15) is 24.3 Å². The summed E-state index contributed by atoms with van der Waals surface area (Å²) in [6, 6.07) is 13.2.